The summed E-state index contributed by atoms with van der Waals surface area (Å²) < 4.78 is 7.63. The highest BCUT2D eigenvalue weighted by Gasteiger charge is 2.15. The second-order valence-corrected chi connectivity index (χ2v) is 4.32. The number of hydrogen-bond acceptors (Lipinski definition) is 3. The second kappa shape index (κ2) is 4.30. The zero-order valence-corrected chi connectivity index (χ0v) is 9.89. The fraction of sp³-hybridized carbons (Fsp3) is 0.385. The summed E-state index contributed by atoms with van der Waals surface area (Å²) in [5.74, 6) is 1.98. The summed E-state index contributed by atoms with van der Waals surface area (Å²) >= 11 is 0. The average molecular weight is 229 g/mol. The number of hydrogen-bond donors (Lipinski definition) is 0. The van der Waals surface area contributed by atoms with Crippen molar-refractivity contribution in [1.29, 1.82) is 0 Å². The molecule has 0 saturated heterocycles. The van der Waals surface area contributed by atoms with Crippen LogP contribution in [0.15, 0.2) is 24.3 Å². The number of benzene rings is 1. The van der Waals surface area contributed by atoms with Gasteiger partial charge in [-0.2, -0.15) is 0 Å². The van der Waals surface area contributed by atoms with Gasteiger partial charge in [-0.3, -0.25) is 0 Å². The highest BCUT2D eigenvalue weighted by molar-refractivity contribution is 5.56. The van der Waals surface area contributed by atoms with Crippen LogP contribution in [0, 0.1) is 6.92 Å². The van der Waals surface area contributed by atoms with Crippen molar-refractivity contribution in [3.63, 3.8) is 0 Å². The SMILES string of the molecule is Cc1cccc(-c2nnc3n2CCOCC3)c1. The Bertz CT molecular complexity index is 533. The van der Waals surface area contributed by atoms with E-state index in [9.17, 15) is 0 Å². The topological polar surface area (TPSA) is 39.9 Å². The molecule has 3 rings (SSSR count). The van der Waals surface area contributed by atoms with Crippen molar-refractivity contribution in [3.05, 3.63) is 35.7 Å². The Morgan fingerprint density at radius 3 is 3.06 bits per heavy atom. The van der Waals surface area contributed by atoms with Crippen LogP contribution < -0.4 is 0 Å². The van der Waals surface area contributed by atoms with Gasteiger partial charge in [-0.1, -0.05) is 23.8 Å². The van der Waals surface area contributed by atoms with E-state index >= 15 is 0 Å². The predicted molar refractivity (Wildman–Crippen MR) is 64.7 cm³/mol. The van der Waals surface area contributed by atoms with E-state index in [1.165, 1.54) is 5.56 Å². The summed E-state index contributed by atoms with van der Waals surface area (Å²) in [6.07, 6.45) is 0.846. The van der Waals surface area contributed by atoms with E-state index in [1.807, 2.05) is 0 Å². The van der Waals surface area contributed by atoms with Gasteiger partial charge in [-0.25, -0.2) is 0 Å². The highest BCUT2D eigenvalue weighted by Crippen LogP contribution is 2.20. The van der Waals surface area contributed by atoms with Gasteiger partial charge in [0.15, 0.2) is 5.82 Å². The van der Waals surface area contributed by atoms with Crippen molar-refractivity contribution in [2.45, 2.75) is 19.9 Å². The van der Waals surface area contributed by atoms with Gasteiger partial charge in [0, 0.05) is 18.5 Å². The first-order chi connectivity index (χ1) is 8.34. The van der Waals surface area contributed by atoms with Crippen molar-refractivity contribution >= 4 is 0 Å². The van der Waals surface area contributed by atoms with Gasteiger partial charge in [0.1, 0.15) is 5.82 Å². The van der Waals surface area contributed by atoms with Crippen molar-refractivity contribution in [3.8, 4) is 11.4 Å². The minimum absolute atomic E-state index is 0.740. The summed E-state index contributed by atoms with van der Waals surface area (Å²) in [5.41, 5.74) is 2.37. The van der Waals surface area contributed by atoms with Crippen LogP contribution in [0.5, 0.6) is 0 Å². The molecule has 4 nitrogen and oxygen atoms in total. The molecule has 2 aromatic rings. The predicted octanol–water partition coefficient (Wildman–Crippen LogP) is 1.83. The molecule has 1 aliphatic rings. The fourth-order valence-corrected chi connectivity index (χ4v) is 2.17. The first-order valence-corrected chi connectivity index (χ1v) is 5.91. The molecule has 1 aromatic carbocycles. The van der Waals surface area contributed by atoms with E-state index in [0.29, 0.717) is 0 Å². The van der Waals surface area contributed by atoms with E-state index in [-0.39, 0.29) is 0 Å². The third kappa shape index (κ3) is 1.96. The lowest BCUT2D eigenvalue weighted by Crippen LogP contribution is -2.05. The van der Waals surface area contributed by atoms with E-state index in [0.717, 1.165) is 43.4 Å². The molecule has 2 heterocycles. The summed E-state index contributed by atoms with van der Waals surface area (Å²) in [5, 5.41) is 8.56. The van der Waals surface area contributed by atoms with Crippen molar-refractivity contribution in [2.75, 3.05) is 13.2 Å². The normalized spacial score (nSPS) is 15.4. The molecule has 0 saturated carbocycles. The summed E-state index contributed by atoms with van der Waals surface area (Å²) in [6.45, 7) is 4.41. The average Bonchev–Trinajstić information content (AvgIpc) is 2.59. The van der Waals surface area contributed by atoms with E-state index in [2.05, 4.69) is 46.0 Å². The summed E-state index contributed by atoms with van der Waals surface area (Å²) in [4.78, 5) is 0. The Labute approximate surface area is 100 Å². The van der Waals surface area contributed by atoms with E-state index < -0.39 is 0 Å². The van der Waals surface area contributed by atoms with Crippen LogP contribution in [0.4, 0.5) is 0 Å². The third-order valence-corrected chi connectivity index (χ3v) is 3.03. The Kier molecular flexibility index (Phi) is 2.65. The van der Waals surface area contributed by atoms with E-state index in [1.54, 1.807) is 0 Å². The number of nitrogens with zero attached hydrogens (tertiary/aromatic N) is 3. The molecule has 1 aliphatic heterocycles. The monoisotopic (exact) mass is 229 g/mol. The van der Waals surface area contributed by atoms with Gasteiger partial charge in [0.25, 0.3) is 0 Å². The molecule has 0 radical (unpaired) electrons. The Balaban J connectivity index is 2.06. The number of aryl methyl sites for hydroxylation is 1. The maximum absolute atomic E-state index is 5.46. The Hall–Kier alpha value is -1.68. The molecule has 0 unspecified atom stereocenters. The minimum Gasteiger partial charge on any atom is -0.379 e. The molecule has 0 spiro atoms. The van der Waals surface area contributed by atoms with Crippen molar-refractivity contribution in [1.82, 2.24) is 14.8 Å². The summed E-state index contributed by atoms with van der Waals surface area (Å²) in [7, 11) is 0. The van der Waals surface area contributed by atoms with Crippen LogP contribution in [0.25, 0.3) is 11.4 Å². The summed E-state index contributed by atoms with van der Waals surface area (Å²) in [6, 6.07) is 8.37. The smallest absolute Gasteiger partial charge is 0.164 e. The molecule has 0 N–H and O–H groups in total. The zero-order valence-electron chi connectivity index (χ0n) is 9.89. The quantitative estimate of drug-likeness (QED) is 0.749. The Morgan fingerprint density at radius 1 is 1.24 bits per heavy atom. The van der Waals surface area contributed by atoms with Gasteiger partial charge in [0.05, 0.1) is 13.2 Å². The molecule has 0 bridgehead atoms. The minimum atomic E-state index is 0.740. The number of ether oxygens (including phenoxy) is 1. The van der Waals surface area contributed by atoms with Crippen LogP contribution in [-0.2, 0) is 17.7 Å². The largest absolute Gasteiger partial charge is 0.379 e. The maximum atomic E-state index is 5.46. The van der Waals surface area contributed by atoms with Crippen LogP contribution in [0.2, 0.25) is 0 Å². The van der Waals surface area contributed by atoms with Gasteiger partial charge < -0.3 is 9.30 Å². The molecular formula is C13H15N3O. The first kappa shape index (κ1) is 10.5. The van der Waals surface area contributed by atoms with Crippen molar-refractivity contribution in [2.24, 2.45) is 0 Å². The van der Waals surface area contributed by atoms with Crippen LogP contribution >= 0.6 is 0 Å². The lowest BCUT2D eigenvalue weighted by Gasteiger charge is -2.06. The Morgan fingerprint density at radius 2 is 2.18 bits per heavy atom. The van der Waals surface area contributed by atoms with Crippen molar-refractivity contribution < 1.29 is 4.74 Å². The van der Waals surface area contributed by atoms with Gasteiger partial charge in [0.2, 0.25) is 0 Å². The van der Waals surface area contributed by atoms with E-state index in [4.69, 9.17) is 4.74 Å². The van der Waals surface area contributed by atoms with Crippen LogP contribution in [0.3, 0.4) is 0 Å². The third-order valence-electron chi connectivity index (χ3n) is 3.03. The van der Waals surface area contributed by atoms with Crippen LogP contribution in [0.1, 0.15) is 11.4 Å². The molecule has 0 amide bonds. The number of fused-ring (bicyclic) bond motifs is 1. The standard InChI is InChI=1S/C13H15N3O/c1-10-3-2-4-11(9-10)13-15-14-12-5-7-17-8-6-16(12)13/h2-4,9H,5-8H2,1H3. The lowest BCUT2D eigenvalue weighted by atomic mass is 10.1. The molecule has 0 fully saturated rings. The fourth-order valence-electron chi connectivity index (χ4n) is 2.17. The molecule has 0 atom stereocenters. The number of aromatic nitrogens is 3. The molecular weight excluding hydrogens is 214 g/mol. The van der Waals surface area contributed by atoms with Gasteiger partial charge in [-0.15, -0.1) is 10.2 Å². The van der Waals surface area contributed by atoms with Gasteiger partial charge >= 0.3 is 0 Å². The zero-order chi connectivity index (χ0) is 11.7. The first-order valence-electron chi connectivity index (χ1n) is 5.91. The molecule has 4 heteroatoms. The van der Waals surface area contributed by atoms with Gasteiger partial charge in [-0.05, 0) is 13.0 Å². The lowest BCUT2D eigenvalue weighted by molar-refractivity contribution is 0.140. The molecule has 17 heavy (non-hydrogen) atoms. The highest BCUT2D eigenvalue weighted by atomic mass is 16.5. The molecule has 1 aromatic heterocycles. The number of rotatable bonds is 1. The second-order valence-electron chi connectivity index (χ2n) is 4.32. The molecule has 88 valence electrons. The molecule has 0 aliphatic carbocycles. The van der Waals surface area contributed by atoms with Crippen LogP contribution in [-0.4, -0.2) is 28.0 Å². The maximum Gasteiger partial charge on any atom is 0.164 e.